The summed E-state index contributed by atoms with van der Waals surface area (Å²) >= 11 is 0. The van der Waals surface area contributed by atoms with Crippen LogP contribution in [-0.2, 0) is 5.41 Å². The number of anilines is 1. The number of aromatic nitrogens is 2. The first kappa shape index (κ1) is 25.0. The van der Waals surface area contributed by atoms with Gasteiger partial charge in [-0.15, -0.1) is 0 Å². The minimum absolute atomic E-state index is 0.0432. The summed E-state index contributed by atoms with van der Waals surface area (Å²) in [4.78, 5) is 29.3. The summed E-state index contributed by atoms with van der Waals surface area (Å²) < 4.78 is 11.3. The largest absolute Gasteiger partial charge is 0.489 e. The van der Waals surface area contributed by atoms with E-state index in [1.807, 2.05) is 26.8 Å². The van der Waals surface area contributed by atoms with E-state index in [1.165, 1.54) is 0 Å². The molecule has 2 aromatic heterocycles. The number of pyridine rings is 1. The predicted molar refractivity (Wildman–Crippen MR) is 132 cm³/mol. The Bertz CT molecular complexity index is 986. The van der Waals surface area contributed by atoms with Crippen LogP contribution >= 0.6 is 0 Å². The molecule has 190 valence electrons. The van der Waals surface area contributed by atoms with Gasteiger partial charge in [0.2, 0.25) is 0 Å². The quantitative estimate of drug-likeness (QED) is 0.494. The fraction of sp³-hybridized carbons (Fsp3) is 0.600. The molecule has 0 radical (unpaired) electrons. The zero-order chi connectivity index (χ0) is 24.8. The second-order valence-electron chi connectivity index (χ2n) is 10.4. The monoisotopic (exact) mass is 484 g/mol. The molecule has 3 amide bonds. The van der Waals surface area contributed by atoms with E-state index in [0.29, 0.717) is 23.0 Å². The molecule has 0 aromatic carbocycles. The summed E-state index contributed by atoms with van der Waals surface area (Å²) in [5.74, 6) is 1.61. The first-order valence-electron chi connectivity index (χ1n) is 12.5. The van der Waals surface area contributed by atoms with Crippen LogP contribution in [0.15, 0.2) is 28.9 Å². The molecule has 1 saturated carbocycles. The highest BCUT2D eigenvalue weighted by molar-refractivity contribution is 5.92. The van der Waals surface area contributed by atoms with Crippen molar-refractivity contribution in [3.8, 4) is 5.75 Å². The SMILES string of the molecule is CC(C)(C)c1cc(NC(=O)N[C@H]2CC[C@H](NC(=O)c3ccc(OC4CCNCC4)cn3)CC2)no1. The highest BCUT2D eigenvalue weighted by Crippen LogP contribution is 2.25. The minimum Gasteiger partial charge on any atom is -0.489 e. The highest BCUT2D eigenvalue weighted by Gasteiger charge is 2.25. The van der Waals surface area contributed by atoms with Gasteiger partial charge in [0.05, 0.1) is 6.20 Å². The van der Waals surface area contributed by atoms with Gasteiger partial charge in [0, 0.05) is 23.6 Å². The van der Waals surface area contributed by atoms with Gasteiger partial charge in [-0.1, -0.05) is 25.9 Å². The van der Waals surface area contributed by atoms with Gasteiger partial charge in [0.25, 0.3) is 5.91 Å². The molecule has 2 aromatic rings. The third kappa shape index (κ3) is 7.17. The zero-order valence-corrected chi connectivity index (χ0v) is 20.7. The van der Waals surface area contributed by atoms with Crippen molar-refractivity contribution < 1.29 is 18.8 Å². The Labute approximate surface area is 206 Å². The number of amides is 3. The Hall–Kier alpha value is -3.14. The van der Waals surface area contributed by atoms with Crippen molar-refractivity contribution in [2.24, 2.45) is 0 Å². The van der Waals surface area contributed by atoms with Crippen molar-refractivity contribution in [1.29, 1.82) is 0 Å². The van der Waals surface area contributed by atoms with Crippen molar-refractivity contribution in [2.75, 3.05) is 18.4 Å². The Kier molecular flexibility index (Phi) is 7.90. The number of ether oxygens (including phenoxy) is 1. The van der Waals surface area contributed by atoms with E-state index in [1.54, 1.807) is 18.3 Å². The van der Waals surface area contributed by atoms with Crippen LogP contribution in [0.3, 0.4) is 0 Å². The summed E-state index contributed by atoms with van der Waals surface area (Å²) in [6.07, 6.45) is 6.88. The number of urea groups is 1. The van der Waals surface area contributed by atoms with E-state index in [4.69, 9.17) is 9.26 Å². The molecule has 0 spiro atoms. The lowest BCUT2D eigenvalue weighted by Crippen LogP contribution is -2.45. The van der Waals surface area contributed by atoms with Gasteiger partial charge in [-0.2, -0.15) is 0 Å². The molecule has 2 aliphatic rings. The Morgan fingerprint density at radius 2 is 1.71 bits per heavy atom. The molecule has 35 heavy (non-hydrogen) atoms. The molecule has 4 N–H and O–H groups in total. The lowest BCUT2D eigenvalue weighted by Gasteiger charge is -2.29. The molecule has 1 aliphatic heterocycles. The normalized spacial score (nSPS) is 21.2. The van der Waals surface area contributed by atoms with E-state index in [-0.39, 0.29) is 35.5 Å². The first-order chi connectivity index (χ1) is 16.8. The maximum absolute atomic E-state index is 12.6. The third-order valence-electron chi connectivity index (χ3n) is 6.45. The molecule has 10 nitrogen and oxygen atoms in total. The predicted octanol–water partition coefficient (Wildman–Crippen LogP) is 3.36. The standard InChI is InChI=1S/C25H36N6O4/c1-25(2,3)21-14-22(31-35-21)30-24(33)29-17-6-4-16(5-7-17)28-23(32)20-9-8-19(15-27-20)34-18-10-12-26-13-11-18/h8-9,14-18,26H,4-7,10-13H2,1-3H3,(H,28,32)(H2,29,30,31,33)/t16-,17-. The van der Waals surface area contributed by atoms with E-state index >= 15 is 0 Å². The van der Waals surface area contributed by atoms with Crippen LogP contribution in [0.2, 0.25) is 0 Å². The van der Waals surface area contributed by atoms with E-state index in [9.17, 15) is 9.59 Å². The second-order valence-corrected chi connectivity index (χ2v) is 10.4. The number of nitrogens with zero attached hydrogens (tertiary/aromatic N) is 2. The van der Waals surface area contributed by atoms with Crippen molar-refractivity contribution in [3.05, 3.63) is 35.9 Å². The fourth-order valence-electron chi connectivity index (χ4n) is 4.36. The molecule has 2 fully saturated rings. The maximum atomic E-state index is 12.6. The molecule has 3 heterocycles. The summed E-state index contributed by atoms with van der Waals surface area (Å²) in [7, 11) is 0. The van der Waals surface area contributed by atoms with E-state index in [0.717, 1.165) is 51.6 Å². The van der Waals surface area contributed by atoms with Crippen molar-refractivity contribution in [1.82, 2.24) is 26.1 Å². The van der Waals surface area contributed by atoms with E-state index < -0.39 is 0 Å². The smallest absolute Gasteiger partial charge is 0.320 e. The number of nitrogens with one attached hydrogen (secondary N) is 4. The molecular weight excluding hydrogens is 448 g/mol. The lowest BCUT2D eigenvalue weighted by atomic mass is 9.91. The molecule has 0 atom stereocenters. The molecule has 10 heteroatoms. The van der Waals surface area contributed by atoms with Crippen LogP contribution in [-0.4, -0.2) is 53.4 Å². The average molecular weight is 485 g/mol. The van der Waals surface area contributed by atoms with Gasteiger partial charge < -0.3 is 25.2 Å². The van der Waals surface area contributed by atoms with Gasteiger partial charge in [0.1, 0.15) is 23.3 Å². The summed E-state index contributed by atoms with van der Waals surface area (Å²) in [6, 6.07) is 5.05. The van der Waals surface area contributed by atoms with Gasteiger partial charge in [-0.25, -0.2) is 9.78 Å². The highest BCUT2D eigenvalue weighted by atomic mass is 16.5. The Morgan fingerprint density at radius 3 is 2.31 bits per heavy atom. The van der Waals surface area contributed by atoms with Crippen molar-refractivity contribution >= 4 is 17.8 Å². The van der Waals surface area contributed by atoms with Crippen LogP contribution in [0.5, 0.6) is 5.75 Å². The van der Waals surface area contributed by atoms with Gasteiger partial charge in [0.15, 0.2) is 5.82 Å². The number of hydrogen-bond acceptors (Lipinski definition) is 7. The number of hydrogen-bond donors (Lipinski definition) is 4. The topological polar surface area (TPSA) is 130 Å². The molecule has 1 aliphatic carbocycles. The first-order valence-corrected chi connectivity index (χ1v) is 12.5. The van der Waals surface area contributed by atoms with Crippen molar-refractivity contribution in [2.45, 2.75) is 82.9 Å². The molecule has 4 rings (SSSR count). The number of carbonyl (C=O) groups excluding carboxylic acids is 2. The third-order valence-corrected chi connectivity index (χ3v) is 6.45. The molecule has 0 bridgehead atoms. The summed E-state index contributed by atoms with van der Waals surface area (Å²) in [6.45, 7) is 7.97. The summed E-state index contributed by atoms with van der Waals surface area (Å²) in [5, 5.41) is 16.0. The minimum atomic E-state index is -0.303. The fourth-order valence-corrected chi connectivity index (χ4v) is 4.36. The maximum Gasteiger partial charge on any atom is 0.320 e. The average Bonchev–Trinajstić information content (AvgIpc) is 3.30. The van der Waals surface area contributed by atoms with Crippen LogP contribution in [0, 0.1) is 0 Å². The van der Waals surface area contributed by atoms with Crippen LogP contribution in [0.1, 0.15) is 75.5 Å². The van der Waals surface area contributed by atoms with Crippen molar-refractivity contribution in [3.63, 3.8) is 0 Å². The molecule has 0 unspecified atom stereocenters. The van der Waals surface area contributed by atoms with Gasteiger partial charge in [-0.3, -0.25) is 10.1 Å². The van der Waals surface area contributed by atoms with Crippen LogP contribution in [0.25, 0.3) is 0 Å². The number of piperidine rings is 1. The second kappa shape index (κ2) is 11.1. The molecular formula is C25H36N6O4. The Morgan fingerprint density at radius 1 is 1.03 bits per heavy atom. The van der Waals surface area contributed by atoms with Crippen LogP contribution < -0.4 is 26.0 Å². The Balaban J connectivity index is 1.18. The molecule has 1 saturated heterocycles. The number of rotatable bonds is 6. The van der Waals surface area contributed by atoms with E-state index in [2.05, 4.69) is 31.4 Å². The van der Waals surface area contributed by atoms with Gasteiger partial charge in [-0.05, 0) is 63.7 Å². The zero-order valence-electron chi connectivity index (χ0n) is 20.7. The lowest BCUT2D eigenvalue weighted by molar-refractivity contribution is 0.0919. The number of carbonyl (C=O) groups is 2. The van der Waals surface area contributed by atoms with Crippen LogP contribution in [0.4, 0.5) is 10.6 Å². The van der Waals surface area contributed by atoms with Gasteiger partial charge >= 0.3 is 6.03 Å². The summed E-state index contributed by atoms with van der Waals surface area (Å²) in [5.41, 5.74) is 0.203.